The fourth-order valence-electron chi connectivity index (χ4n) is 2.46. The first-order valence-corrected chi connectivity index (χ1v) is 9.53. The van der Waals surface area contributed by atoms with Gasteiger partial charge in [0.25, 0.3) is 0 Å². The largest absolute Gasteiger partial charge is 0.392 e. The van der Waals surface area contributed by atoms with E-state index in [9.17, 15) is 13.5 Å². The van der Waals surface area contributed by atoms with Gasteiger partial charge in [0.15, 0.2) is 0 Å². The Morgan fingerprint density at radius 2 is 2.09 bits per heavy atom. The number of sulfonamides is 1. The predicted octanol–water partition coefficient (Wildman–Crippen LogP) is 2.35. The molecule has 1 N–H and O–H groups in total. The van der Waals surface area contributed by atoms with E-state index < -0.39 is 16.1 Å². The minimum atomic E-state index is -3.54. The Balaban J connectivity index is 2.01. The summed E-state index contributed by atoms with van der Waals surface area (Å²) in [5.41, 5.74) is 0.775. The zero-order chi connectivity index (χ0) is 16.1. The molecule has 2 heterocycles. The number of aliphatic hydroxyl groups is 1. The average Bonchev–Trinajstić information content (AvgIpc) is 3.03. The highest BCUT2D eigenvalue weighted by Gasteiger charge is 2.32. The van der Waals surface area contributed by atoms with Crippen LogP contribution in [0.1, 0.15) is 32.2 Å². The number of hydrogen-bond donors (Lipinski definition) is 1. The number of fused-ring (bicyclic) bond motifs is 1. The molecule has 1 aromatic carbocycles. The first-order chi connectivity index (χ1) is 10.2. The van der Waals surface area contributed by atoms with Gasteiger partial charge in [0.1, 0.15) is 0 Å². The van der Waals surface area contributed by atoms with Gasteiger partial charge in [0.05, 0.1) is 26.2 Å². The molecule has 3 rings (SSSR count). The summed E-state index contributed by atoms with van der Waals surface area (Å²) in [6.07, 6.45) is -0.0645. The van der Waals surface area contributed by atoms with Crippen LogP contribution < -0.4 is 0 Å². The molecule has 7 heteroatoms. The SMILES string of the molecule is CC(C)(C)c1nc2ccc(S(=O)(=O)N3CC[C@@H](O)C3)cc2s1. The zero-order valence-corrected chi connectivity index (χ0v) is 14.5. The Hall–Kier alpha value is -1.02. The average molecular weight is 340 g/mol. The molecule has 1 fully saturated rings. The Morgan fingerprint density at radius 1 is 1.36 bits per heavy atom. The van der Waals surface area contributed by atoms with Gasteiger partial charge in [0, 0.05) is 18.5 Å². The number of rotatable bonds is 2. The number of β-amino-alcohol motifs (C(OH)–C–C–N with tert-alkyl or cyclic N) is 1. The second kappa shape index (κ2) is 5.26. The highest BCUT2D eigenvalue weighted by Crippen LogP contribution is 2.33. The topological polar surface area (TPSA) is 70.5 Å². The molecule has 0 amide bonds. The van der Waals surface area contributed by atoms with E-state index >= 15 is 0 Å². The molecule has 120 valence electrons. The Labute approximate surface area is 134 Å². The summed E-state index contributed by atoms with van der Waals surface area (Å²) < 4.78 is 27.5. The number of thiazole rings is 1. The van der Waals surface area contributed by atoms with Crippen molar-refractivity contribution in [2.24, 2.45) is 0 Å². The highest BCUT2D eigenvalue weighted by atomic mass is 32.2. The standard InChI is InChI=1S/C15H20N2O3S2/c1-15(2,3)14-16-12-5-4-11(8-13(12)21-14)22(19,20)17-7-6-10(18)9-17/h4-5,8,10,18H,6-7,9H2,1-3H3/t10-/m1/s1. The van der Waals surface area contributed by atoms with Crippen LogP contribution in [0.15, 0.2) is 23.1 Å². The molecular weight excluding hydrogens is 320 g/mol. The van der Waals surface area contributed by atoms with E-state index in [1.54, 1.807) is 18.2 Å². The lowest BCUT2D eigenvalue weighted by molar-refractivity contribution is 0.189. The highest BCUT2D eigenvalue weighted by molar-refractivity contribution is 7.89. The van der Waals surface area contributed by atoms with Crippen molar-refractivity contribution in [1.82, 2.24) is 9.29 Å². The number of aromatic nitrogens is 1. The second-order valence-electron chi connectivity index (χ2n) is 6.70. The molecule has 1 atom stereocenters. The number of aliphatic hydroxyl groups excluding tert-OH is 1. The van der Waals surface area contributed by atoms with Crippen molar-refractivity contribution in [3.63, 3.8) is 0 Å². The third-order valence-electron chi connectivity index (χ3n) is 3.77. The first kappa shape index (κ1) is 15.9. The van der Waals surface area contributed by atoms with E-state index in [0.29, 0.717) is 13.0 Å². The van der Waals surface area contributed by atoms with Gasteiger partial charge in [-0.2, -0.15) is 4.31 Å². The van der Waals surface area contributed by atoms with Crippen LogP contribution in [-0.4, -0.2) is 42.0 Å². The maximum absolute atomic E-state index is 12.6. The summed E-state index contributed by atoms with van der Waals surface area (Å²) in [5, 5.41) is 10.6. The monoisotopic (exact) mass is 340 g/mol. The molecule has 0 aliphatic carbocycles. The van der Waals surface area contributed by atoms with Crippen LogP contribution in [0.4, 0.5) is 0 Å². The molecule has 0 spiro atoms. The molecule has 0 radical (unpaired) electrons. The van der Waals surface area contributed by atoms with Crippen molar-refractivity contribution in [2.45, 2.75) is 43.6 Å². The number of nitrogens with zero attached hydrogens (tertiary/aromatic N) is 2. The maximum atomic E-state index is 12.6. The first-order valence-electron chi connectivity index (χ1n) is 7.27. The fraction of sp³-hybridized carbons (Fsp3) is 0.533. The lowest BCUT2D eigenvalue weighted by Crippen LogP contribution is -2.29. The van der Waals surface area contributed by atoms with Gasteiger partial charge in [-0.05, 0) is 24.6 Å². The van der Waals surface area contributed by atoms with Crippen LogP contribution in [0.25, 0.3) is 10.2 Å². The Kier molecular flexibility index (Phi) is 3.79. The van der Waals surface area contributed by atoms with E-state index in [4.69, 9.17) is 0 Å². The van der Waals surface area contributed by atoms with Crippen molar-refractivity contribution in [3.8, 4) is 0 Å². The molecule has 2 aromatic rings. The predicted molar refractivity (Wildman–Crippen MR) is 87.7 cm³/mol. The maximum Gasteiger partial charge on any atom is 0.243 e. The van der Waals surface area contributed by atoms with Gasteiger partial charge in [-0.1, -0.05) is 20.8 Å². The summed E-state index contributed by atoms with van der Waals surface area (Å²) in [5.74, 6) is 0. The molecule has 1 aromatic heterocycles. The summed E-state index contributed by atoms with van der Waals surface area (Å²) in [4.78, 5) is 4.86. The van der Waals surface area contributed by atoms with E-state index in [1.807, 2.05) is 0 Å². The van der Waals surface area contributed by atoms with Gasteiger partial charge < -0.3 is 5.11 Å². The summed E-state index contributed by atoms with van der Waals surface area (Å²) in [6, 6.07) is 5.07. The third kappa shape index (κ3) is 2.78. The number of benzene rings is 1. The molecule has 22 heavy (non-hydrogen) atoms. The lowest BCUT2D eigenvalue weighted by Gasteiger charge is -2.15. The molecular formula is C15H20N2O3S2. The van der Waals surface area contributed by atoms with E-state index in [-0.39, 0.29) is 16.9 Å². The minimum Gasteiger partial charge on any atom is -0.392 e. The molecule has 1 saturated heterocycles. The van der Waals surface area contributed by atoms with Gasteiger partial charge >= 0.3 is 0 Å². The quantitative estimate of drug-likeness (QED) is 0.911. The Bertz CT molecular complexity index is 806. The van der Waals surface area contributed by atoms with Crippen molar-refractivity contribution < 1.29 is 13.5 Å². The summed E-state index contributed by atoms with van der Waals surface area (Å²) in [6.45, 7) is 6.82. The fourth-order valence-corrected chi connectivity index (χ4v) is 5.12. The van der Waals surface area contributed by atoms with E-state index in [0.717, 1.165) is 15.2 Å². The van der Waals surface area contributed by atoms with Crippen molar-refractivity contribution in [3.05, 3.63) is 23.2 Å². The summed E-state index contributed by atoms with van der Waals surface area (Å²) >= 11 is 1.53. The molecule has 0 bridgehead atoms. The van der Waals surface area contributed by atoms with Crippen LogP contribution in [-0.2, 0) is 15.4 Å². The van der Waals surface area contributed by atoms with Crippen LogP contribution in [0.3, 0.4) is 0 Å². The van der Waals surface area contributed by atoms with Gasteiger partial charge in [-0.3, -0.25) is 0 Å². The summed E-state index contributed by atoms with van der Waals surface area (Å²) in [7, 11) is -3.54. The third-order valence-corrected chi connectivity index (χ3v) is 7.07. The van der Waals surface area contributed by atoms with Gasteiger partial charge in [0.2, 0.25) is 10.0 Å². The van der Waals surface area contributed by atoms with Crippen molar-refractivity contribution in [1.29, 1.82) is 0 Å². The molecule has 0 unspecified atom stereocenters. The zero-order valence-electron chi connectivity index (χ0n) is 12.9. The molecule has 1 aliphatic rings. The van der Waals surface area contributed by atoms with Gasteiger partial charge in [-0.25, -0.2) is 13.4 Å². The number of hydrogen-bond acceptors (Lipinski definition) is 5. The van der Waals surface area contributed by atoms with Crippen molar-refractivity contribution in [2.75, 3.05) is 13.1 Å². The van der Waals surface area contributed by atoms with Crippen LogP contribution >= 0.6 is 11.3 Å². The normalized spacial score (nSPS) is 20.8. The van der Waals surface area contributed by atoms with E-state index in [2.05, 4.69) is 25.8 Å². The minimum absolute atomic E-state index is 0.0538. The van der Waals surface area contributed by atoms with E-state index in [1.165, 1.54) is 15.6 Å². The Morgan fingerprint density at radius 3 is 2.68 bits per heavy atom. The van der Waals surface area contributed by atoms with Crippen LogP contribution in [0, 0.1) is 0 Å². The smallest absolute Gasteiger partial charge is 0.243 e. The molecule has 5 nitrogen and oxygen atoms in total. The van der Waals surface area contributed by atoms with Crippen molar-refractivity contribution >= 4 is 31.6 Å². The van der Waals surface area contributed by atoms with Crippen LogP contribution in [0.2, 0.25) is 0 Å². The van der Waals surface area contributed by atoms with Crippen LogP contribution in [0.5, 0.6) is 0 Å². The molecule has 1 aliphatic heterocycles. The molecule has 0 saturated carbocycles. The second-order valence-corrected chi connectivity index (χ2v) is 9.67. The van der Waals surface area contributed by atoms with Gasteiger partial charge in [-0.15, -0.1) is 11.3 Å². The lowest BCUT2D eigenvalue weighted by atomic mass is 9.98.